The van der Waals surface area contributed by atoms with E-state index >= 15 is 0 Å². The molecule has 0 spiro atoms. The topological polar surface area (TPSA) is 107 Å². The van der Waals surface area contributed by atoms with Gasteiger partial charge in [0.2, 0.25) is 0 Å². The maximum absolute atomic E-state index is 12.0. The summed E-state index contributed by atoms with van der Waals surface area (Å²) in [5.41, 5.74) is 5.50. The van der Waals surface area contributed by atoms with Gasteiger partial charge in [-0.3, -0.25) is 24.6 Å². The third-order valence-corrected chi connectivity index (χ3v) is 3.92. The van der Waals surface area contributed by atoms with Crippen LogP contribution >= 0.6 is 23.4 Å². The molecule has 2 amide bonds. The first-order valence-electron chi connectivity index (χ1n) is 5.83. The van der Waals surface area contributed by atoms with Crippen molar-refractivity contribution in [3.05, 3.63) is 43.8 Å². The molecule has 1 aliphatic rings. The minimum atomic E-state index is -0.611. The first kappa shape index (κ1) is 15.5. The zero-order valence-corrected chi connectivity index (χ0v) is 12.2. The summed E-state index contributed by atoms with van der Waals surface area (Å²) in [4.78, 5) is 35.1. The maximum Gasteiger partial charge on any atom is 0.293 e. The second-order valence-corrected chi connectivity index (χ2v) is 5.49. The van der Waals surface area contributed by atoms with E-state index in [1.54, 1.807) is 0 Å². The Kier molecular flexibility index (Phi) is 4.61. The largest absolute Gasteiger partial charge is 0.329 e. The Balaban J connectivity index is 2.33. The van der Waals surface area contributed by atoms with E-state index in [0.29, 0.717) is 5.56 Å². The Hall–Kier alpha value is -1.90. The van der Waals surface area contributed by atoms with Gasteiger partial charge in [-0.25, -0.2) is 0 Å². The molecular weight excluding hydrogens is 318 g/mol. The molecule has 1 heterocycles. The quantitative estimate of drug-likeness (QED) is 0.516. The number of hydrogen-bond donors (Lipinski definition) is 1. The van der Waals surface area contributed by atoms with Crippen LogP contribution in [0.2, 0.25) is 5.02 Å². The molecule has 2 N–H and O–H groups in total. The molecule has 0 radical (unpaired) electrons. The van der Waals surface area contributed by atoms with E-state index in [4.69, 9.17) is 17.3 Å². The molecule has 0 bridgehead atoms. The van der Waals surface area contributed by atoms with Crippen molar-refractivity contribution in [2.75, 3.05) is 13.1 Å². The molecule has 9 heteroatoms. The number of rotatable bonds is 4. The van der Waals surface area contributed by atoms with Gasteiger partial charge in [0.15, 0.2) is 0 Å². The number of halogens is 1. The van der Waals surface area contributed by atoms with Crippen LogP contribution in [0, 0.1) is 10.1 Å². The fourth-order valence-corrected chi connectivity index (χ4v) is 2.78. The fourth-order valence-electron chi connectivity index (χ4n) is 1.73. The summed E-state index contributed by atoms with van der Waals surface area (Å²) >= 11 is 6.49. The van der Waals surface area contributed by atoms with E-state index in [2.05, 4.69) is 0 Å². The van der Waals surface area contributed by atoms with Gasteiger partial charge in [-0.1, -0.05) is 17.7 Å². The predicted octanol–water partition coefficient (Wildman–Crippen LogP) is 2.24. The monoisotopic (exact) mass is 327 g/mol. The van der Waals surface area contributed by atoms with Crippen LogP contribution in [0.3, 0.4) is 0 Å². The van der Waals surface area contributed by atoms with Crippen LogP contribution in [0.4, 0.5) is 10.5 Å². The summed E-state index contributed by atoms with van der Waals surface area (Å²) in [6, 6.07) is 4.15. The van der Waals surface area contributed by atoms with Crippen molar-refractivity contribution in [2.24, 2.45) is 5.73 Å². The highest BCUT2D eigenvalue weighted by Crippen LogP contribution is 2.33. The van der Waals surface area contributed by atoms with Gasteiger partial charge in [-0.2, -0.15) is 0 Å². The average Bonchev–Trinajstić information content (AvgIpc) is 2.69. The number of benzene rings is 1. The van der Waals surface area contributed by atoms with Crippen LogP contribution < -0.4 is 5.73 Å². The summed E-state index contributed by atoms with van der Waals surface area (Å²) in [6.07, 6.45) is 1.42. The van der Waals surface area contributed by atoms with Crippen LogP contribution in [0.1, 0.15) is 5.56 Å². The van der Waals surface area contributed by atoms with Crippen LogP contribution in [0.25, 0.3) is 6.08 Å². The van der Waals surface area contributed by atoms with E-state index in [1.165, 1.54) is 24.3 Å². The van der Waals surface area contributed by atoms with Gasteiger partial charge < -0.3 is 5.73 Å². The highest BCUT2D eigenvalue weighted by atomic mass is 35.5. The molecule has 1 aliphatic heterocycles. The van der Waals surface area contributed by atoms with Crippen molar-refractivity contribution in [3.8, 4) is 0 Å². The smallest absolute Gasteiger partial charge is 0.293 e. The van der Waals surface area contributed by atoms with E-state index in [9.17, 15) is 19.7 Å². The second-order valence-electron chi connectivity index (χ2n) is 4.09. The lowest BCUT2D eigenvalue weighted by Crippen LogP contribution is -2.33. The number of thioether (sulfide) groups is 1. The highest BCUT2D eigenvalue weighted by molar-refractivity contribution is 8.18. The molecule has 110 valence electrons. The summed E-state index contributed by atoms with van der Waals surface area (Å²) in [7, 11) is 0. The minimum absolute atomic E-state index is 0.00776. The second kappa shape index (κ2) is 6.25. The van der Waals surface area contributed by atoms with Crippen molar-refractivity contribution in [1.29, 1.82) is 0 Å². The molecule has 7 nitrogen and oxygen atoms in total. The Morgan fingerprint density at radius 2 is 2.14 bits per heavy atom. The number of nitro groups is 1. The average molecular weight is 328 g/mol. The third-order valence-electron chi connectivity index (χ3n) is 2.69. The minimum Gasteiger partial charge on any atom is -0.329 e. The number of nitrogens with zero attached hydrogens (tertiary/aromatic N) is 2. The third kappa shape index (κ3) is 3.23. The molecule has 0 aromatic heterocycles. The van der Waals surface area contributed by atoms with Crippen molar-refractivity contribution in [2.45, 2.75) is 0 Å². The van der Waals surface area contributed by atoms with E-state index in [-0.39, 0.29) is 28.7 Å². The Bertz CT molecular complexity index is 662. The number of nitro benzene ring substituents is 1. The van der Waals surface area contributed by atoms with Crippen LogP contribution in [-0.4, -0.2) is 34.1 Å². The van der Waals surface area contributed by atoms with Gasteiger partial charge >= 0.3 is 0 Å². The molecule has 1 aromatic rings. The van der Waals surface area contributed by atoms with Gasteiger partial charge in [-0.15, -0.1) is 0 Å². The van der Waals surface area contributed by atoms with Crippen LogP contribution in [0.15, 0.2) is 23.1 Å². The molecule has 2 rings (SSSR count). The Morgan fingerprint density at radius 1 is 1.43 bits per heavy atom. The summed E-state index contributed by atoms with van der Waals surface area (Å²) in [5.74, 6) is -0.451. The van der Waals surface area contributed by atoms with E-state index in [1.807, 2.05) is 0 Å². The summed E-state index contributed by atoms with van der Waals surface area (Å²) < 4.78 is 0. The molecule has 1 fully saturated rings. The van der Waals surface area contributed by atoms with Gasteiger partial charge in [0.25, 0.3) is 16.8 Å². The first-order valence-corrected chi connectivity index (χ1v) is 7.03. The van der Waals surface area contributed by atoms with Crippen molar-refractivity contribution < 1.29 is 14.5 Å². The van der Waals surface area contributed by atoms with Crippen LogP contribution in [0.5, 0.6) is 0 Å². The van der Waals surface area contributed by atoms with Gasteiger partial charge in [0.05, 0.1) is 9.83 Å². The number of carbonyl (C=O) groups is 2. The first-order chi connectivity index (χ1) is 9.93. The fraction of sp³-hybridized carbons (Fsp3) is 0.167. The Morgan fingerprint density at radius 3 is 2.76 bits per heavy atom. The molecule has 21 heavy (non-hydrogen) atoms. The zero-order valence-electron chi connectivity index (χ0n) is 10.6. The lowest BCUT2D eigenvalue weighted by molar-refractivity contribution is -0.384. The van der Waals surface area contributed by atoms with Crippen LogP contribution in [-0.2, 0) is 4.79 Å². The number of nitrogens with two attached hydrogens (primary N) is 1. The lowest BCUT2D eigenvalue weighted by atomic mass is 10.2. The SMILES string of the molecule is NCCN1C(=O)SC(=Cc2ccc(Cl)c([N+](=O)[O-])c2)C1=O. The van der Waals surface area contributed by atoms with E-state index < -0.39 is 16.1 Å². The molecule has 0 atom stereocenters. The van der Waals surface area contributed by atoms with Crippen molar-refractivity contribution in [3.63, 3.8) is 0 Å². The molecule has 0 saturated carbocycles. The molecule has 1 aromatic carbocycles. The molecule has 0 unspecified atom stereocenters. The standard InChI is InChI=1S/C12H10ClN3O4S/c13-8-2-1-7(5-9(8)16(19)20)6-10-11(17)15(4-3-14)12(18)21-10/h1-2,5-6H,3-4,14H2. The van der Waals surface area contributed by atoms with Crippen molar-refractivity contribution in [1.82, 2.24) is 4.90 Å². The predicted molar refractivity (Wildman–Crippen MR) is 79.8 cm³/mol. The van der Waals surface area contributed by atoms with Gasteiger partial charge in [-0.05, 0) is 29.5 Å². The maximum atomic E-state index is 12.0. The number of carbonyl (C=O) groups excluding carboxylic acids is 2. The normalized spacial score (nSPS) is 16.9. The summed E-state index contributed by atoms with van der Waals surface area (Å²) in [6.45, 7) is 0.320. The molecule has 1 saturated heterocycles. The Labute approximate surface area is 128 Å². The zero-order chi connectivity index (χ0) is 15.6. The number of imide groups is 1. The number of amides is 2. The van der Waals surface area contributed by atoms with Gasteiger partial charge in [0.1, 0.15) is 5.02 Å². The van der Waals surface area contributed by atoms with Crippen molar-refractivity contribution >= 4 is 46.3 Å². The molecule has 0 aliphatic carbocycles. The van der Waals surface area contributed by atoms with E-state index in [0.717, 1.165) is 16.7 Å². The lowest BCUT2D eigenvalue weighted by Gasteiger charge is -2.09. The summed E-state index contributed by atoms with van der Waals surface area (Å²) in [5, 5.41) is 10.4. The van der Waals surface area contributed by atoms with Gasteiger partial charge in [0, 0.05) is 19.2 Å². The highest BCUT2D eigenvalue weighted by Gasteiger charge is 2.34. The number of hydrogen-bond acceptors (Lipinski definition) is 6. The molecular formula is C12H10ClN3O4S.